The van der Waals surface area contributed by atoms with E-state index in [1.165, 1.54) is 16.0 Å². The molecule has 1 heterocycles. The highest BCUT2D eigenvalue weighted by Crippen LogP contribution is 2.16. The summed E-state index contributed by atoms with van der Waals surface area (Å²) >= 11 is 1.72. The third kappa shape index (κ3) is 6.77. The van der Waals surface area contributed by atoms with Crippen LogP contribution in [0, 0.1) is 13.8 Å². The SMILES string of the molecule is CN=C(NCc1cccc(COC(C)(C)C)c1)NCc1sc(C)nc1C. The molecule has 0 aliphatic rings. The fourth-order valence-corrected chi connectivity index (χ4v) is 3.31. The molecule has 2 aromatic rings. The second-order valence-corrected chi connectivity index (χ2v) is 8.53. The molecule has 0 bridgehead atoms. The minimum Gasteiger partial charge on any atom is -0.371 e. The third-order valence-electron chi connectivity index (χ3n) is 3.76. The zero-order chi connectivity index (χ0) is 19.2. The molecule has 0 radical (unpaired) electrons. The van der Waals surface area contributed by atoms with Gasteiger partial charge in [-0.25, -0.2) is 4.98 Å². The summed E-state index contributed by atoms with van der Waals surface area (Å²) in [4.78, 5) is 10.0. The molecule has 1 aromatic heterocycles. The van der Waals surface area contributed by atoms with E-state index in [9.17, 15) is 0 Å². The van der Waals surface area contributed by atoms with Crippen molar-refractivity contribution in [1.82, 2.24) is 15.6 Å². The summed E-state index contributed by atoms with van der Waals surface area (Å²) in [6, 6.07) is 8.44. The van der Waals surface area contributed by atoms with Crippen molar-refractivity contribution in [3.05, 3.63) is 51.0 Å². The molecule has 0 fully saturated rings. The maximum atomic E-state index is 5.86. The summed E-state index contributed by atoms with van der Waals surface area (Å²) in [6.07, 6.45) is 0. The summed E-state index contributed by atoms with van der Waals surface area (Å²) < 4.78 is 5.86. The number of hydrogen-bond acceptors (Lipinski definition) is 4. The number of nitrogens with zero attached hydrogens (tertiary/aromatic N) is 2. The van der Waals surface area contributed by atoms with E-state index in [1.807, 2.05) is 13.8 Å². The van der Waals surface area contributed by atoms with Crippen LogP contribution in [0.3, 0.4) is 0 Å². The average molecular weight is 375 g/mol. The summed E-state index contributed by atoms with van der Waals surface area (Å²) in [5, 5.41) is 7.81. The molecule has 2 N–H and O–H groups in total. The smallest absolute Gasteiger partial charge is 0.191 e. The summed E-state index contributed by atoms with van der Waals surface area (Å²) in [5.74, 6) is 0.784. The van der Waals surface area contributed by atoms with Gasteiger partial charge in [0.2, 0.25) is 0 Å². The molecule has 0 saturated carbocycles. The predicted molar refractivity (Wildman–Crippen MR) is 110 cm³/mol. The number of nitrogens with one attached hydrogen (secondary N) is 2. The number of hydrogen-bond donors (Lipinski definition) is 2. The molecule has 5 nitrogen and oxygen atoms in total. The summed E-state index contributed by atoms with van der Waals surface area (Å²) in [7, 11) is 1.79. The van der Waals surface area contributed by atoms with Gasteiger partial charge in [0.15, 0.2) is 5.96 Å². The van der Waals surface area contributed by atoms with Gasteiger partial charge in [0.25, 0.3) is 0 Å². The van der Waals surface area contributed by atoms with E-state index >= 15 is 0 Å². The molecule has 0 unspecified atom stereocenters. The second kappa shape index (κ2) is 9.14. The third-order valence-corrected chi connectivity index (χ3v) is 4.84. The first kappa shape index (κ1) is 20.4. The molecule has 0 aliphatic heterocycles. The number of aliphatic imine (C=N–C) groups is 1. The molecule has 0 saturated heterocycles. The highest BCUT2D eigenvalue weighted by atomic mass is 32.1. The Morgan fingerprint density at radius 1 is 1.15 bits per heavy atom. The van der Waals surface area contributed by atoms with E-state index in [2.05, 4.69) is 65.6 Å². The van der Waals surface area contributed by atoms with Gasteiger partial charge < -0.3 is 15.4 Å². The largest absolute Gasteiger partial charge is 0.371 e. The standard InChI is InChI=1S/C20H30N4OS/c1-14-18(26-15(2)24-14)12-23-19(21-6)22-11-16-8-7-9-17(10-16)13-25-20(3,4)5/h7-10H,11-13H2,1-6H3,(H2,21,22,23). The highest BCUT2D eigenvalue weighted by Gasteiger charge is 2.10. The van der Waals surface area contributed by atoms with Crippen molar-refractivity contribution < 1.29 is 4.74 Å². The summed E-state index contributed by atoms with van der Waals surface area (Å²) in [5.41, 5.74) is 3.33. The molecule has 2 rings (SSSR count). The van der Waals surface area contributed by atoms with Crippen LogP contribution in [-0.2, 0) is 24.4 Å². The van der Waals surface area contributed by atoms with E-state index in [0.29, 0.717) is 13.2 Å². The normalized spacial score (nSPS) is 12.3. The number of rotatable bonds is 6. The lowest BCUT2D eigenvalue weighted by molar-refractivity contribution is -0.0149. The summed E-state index contributed by atoms with van der Waals surface area (Å²) in [6.45, 7) is 12.3. The Bertz CT molecular complexity index is 747. The minimum atomic E-state index is -0.132. The Kier molecular flexibility index (Phi) is 7.17. The van der Waals surface area contributed by atoms with E-state index in [-0.39, 0.29) is 5.60 Å². The number of guanidine groups is 1. The Morgan fingerprint density at radius 2 is 1.85 bits per heavy atom. The number of ether oxygens (including phenoxy) is 1. The monoisotopic (exact) mass is 374 g/mol. The molecule has 0 spiro atoms. The van der Waals surface area contributed by atoms with Crippen molar-refractivity contribution in [1.29, 1.82) is 0 Å². The van der Waals surface area contributed by atoms with Gasteiger partial charge in [0.1, 0.15) is 0 Å². The predicted octanol–water partition coefficient (Wildman–Crippen LogP) is 3.94. The first-order valence-corrected chi connectivity index (χ1v) is 9.67. The average Bonchev–Trinajstić information content (AvgIpc) is 2.90. The van der Waals surface area contributed by atoms with Gasteiger partial charge >= 0.3 is 0 Å². The molecule has 0 amide bonds. The van der Waals surface area contributed by atoms with Crippen molar-refractivity contribution in [2.75, 3.05) is 7.05 Å². The lowest BCUT2D eigenvalue weighted by atomic mass is 10.1. The zero-order valence-electron chi connectivity index (χ0n) is 16.6. The van der Waals surface area contributed by atoms with Crippen LogP contribution in [0.15, 0.2) is 29.3 Å². The zero-order valence-corrected chi connectivity index (χ0v) is 17.5. The Labute approximate surface area is 160 Å². The maximum absolute atomic E-state index is 5.86. The molecule has 6 heteroatoms. The Morgan fingerprint density at radius 3 is 2.46 bits per heavy atom. The first-order valence-electron chi connectivity index (χ1n) is 8.86. The minimum absolute atomic E-state index is 0.132. The fraction of sp³-hybridized carbons (Fsp3) is 0.500. The lowest BCUT2D eigenvalue weighted by Crippen LogP contribution is -2.36. The number of aromatic nitrogens is 1. The van der Waals surface area contributed by atoms with Crippen molar-refractivity contribution in [3.63, 3.8) is 0 Å². The van der Waals surface area contributed by atoms with Crippen LogP contribution in [0.5, 0.6) is 0 Å². The van der Waals surface area contributed by atoms with Gasteiger partial charge in [0, 0.05) is 18.5 Å². The molecule has 1 aromatic carbocycles. The molecular weight excluding hydrogens is 344 g/mol. The molecular formula is C20H30N4OS. The van der Waals surface area contributed by atoms with E-state index in [1.54, 1.807) is 18.4 Å². The highest BCUT2D eigenvalue weighted by molar-refractivity contribution is 7.11. The first-order chi connectivity index (χ1) is 12.3. The topological polar surface area (TPSA) is 58.5 Å². The molecule has 26 heavy (non-hydrogen) atoms. The van der Waals surface area contributed by atoms with Crippen molar-refractivity contribution in [2.45, 2.75) is 59.9 Å². The maximum Gasteiger partial charge on any atom is 0.191 e. The molecule has 142 valence electrons. The van der Waals surface area contributed by atoms with Gasteiger partial charge in [0.05, 0.1) is 29.5 Å². The lowest BCUT2D eigenvalue weighted by Gasteiger charge is -2.19. The van der Waals surface area contributed by atoms with Gasteiger partial charge in [-0.15, -0.1) is 11.3 Å². The van der Waals surface area contributed by atoms with E-state index in [4.69, 9.17) is 4.74 Å². The van der Waals surface area contributed by atoms with Crippen LogP contribution >= 0.6 is 11.3 Å². The van der Waals surface area contributed by atoms with Crippen molar-refractivity contribution >= 4 is 17.3 Å². The van der Waals surface area contributed by atoms with Gasteiger partial charge in [-0.3, -0.25) is 4.99 Å². The van der Waals surface area contributed by atoms with Crippen LogP contribution < -0.4 is 10.6 Å². The van der Waals surface area contributed by atoms with Gasteiger partial charge in [-0.05, 0) is 45.7 Å². The van der Waals surface area contributed by atoms with Gasteiger partial charge in [-0.1, -0.05) is 24.3 Å². The second-order valence-electron chi connectivity index (χ2n) is 7.24. The molecule has 0 aliphatic carbocycles. The van der Waals surface area contributed by atoms with E-state index in [0.717, 1.165) is 23.2 Å². The Balaban J connectivity index is 1.87. The van der Waals surface area contributed by atoms with Crippen LogP contribution in [0.25, 0.3) is 0 Å². The number of aryl methyl sites for hydroxylation is 2. The van der Waals surface area contributed by atoms with Crippen LogP contribution in [-0.4, -0.2) is 23.6 Å². The van der Waals surface area contributed by atoms with Crippen LogP contribution in [0.4, 0.5) is 0 Å². The van der Waals surface area contributed by atoms with Crippen LogP contribution in [0.2, 0.25) is 0 Å². The number of thiazole rings is 1. The number of benzene rings is 1. The molecule has 0 atom stereocenters. The quantitative estimate of drug-likeness (QED) is 0.594. The Hall–Kier alpha value is -1.92. The van der Waals surface area contributed by atoms with E-state index < -0.39 is 0 Å². The van der Waals surface area contributed by atoms with Crippen LogP contribution in [0.1, 0.15) is 47.5 Å². The van der Waals surface area contributed by atoms with Crippen molar-refractivity contribution in [3.8, 4) is 0 Å². The van der Waals surface area contributed by atoms with Crippen molar-refractivity contribution in [2.24, 2.45) is 4.99 Å². The fourth-order valence-electron chi connectivity index (χ4n) is 2.44. The van der Waals surface area contributed by atoms with Gasteiger partial charge in [-0.2, -0.15) is 0 Å².